The van der Waals surface area contributed by atoms with Gasteiger partial charge in [0.15, 0.2) is 5.78 Å². The van der Waals surface area contributed by atoms with Crippen LogP contribution in [-0.4, -0.2) is 5.78 Å². The molecule has 26 heavy (non-hydrogen) atoms. The summed E-state index contributed by atoms with van der Waals surface area (Å²) in [5, 5.41) is 0. The third kappa shape index (κ3) is 3.98. The van der Waals surface area contributed by atoms with E-state index in [4.69, 9.17) is 0 Å². The Morgan fingerprint density at radius 3 is 2.31 bits per heavy atom. The minimum Gasteiger partial charge on any atom is -0.289 e. The zero-order chi connectivity index (χ0) is 17.8. The van der Waals surface area contributed by atoms with Crippen LogP contribution in [-0.2, 0) is 12.8 Å². The number of hydrogen-bond acceptors (Lipinski definition) is 1. The molecule has 0 atom stereocenters. The standard InChI is InChI=1S/C25H28O/c26-25(24-16-15-21-8-4-5-9-23(21)18-24)17-12-19-10-13-22(14-11-19)20-6-2-1-3-7-20/h10-18,20H,1-9H2/b17-12+. The van der Waals surface area contributed by atoms with Crippen LogP contribution in [0, 0.1) is 0 Å². The van der Waals surface area contributed by atoms with E-state index in [-0.39, 0.29) is 5.78 Å². The summed E-state index contributed by atoms with van der Waals surface area (Å²) in [7, 11) is 0. The number of fused-ring (bicyclic) bond motifs is 1. The Morgan fingerprint density at radius 2 is 1.54 bits per heavy atom. The van der Waals surface area contributed by atoms with E-state index in [1.807, 2.05) is 12.1 Å². The predicted molar refractivity (Wildman–Crippen MR) is 109 cm³/mol. The van der Waals surface area contributed by atoms with Crippen LogP contribution < -0.4 is 0 Å². The molecule has 0 bridgehead atoms. The van der Waals surface area contributed by atoms with E-state index < -0.39 is 0 Å². The molecule has 0 N–H and O–H groups in total. The van der Waals surface area contributed by atoms with E-state index in [0.29, 0.717) is 0 Å². The first-order valence-electron chi connectivity index (χ1n) is 10.2. The third-order valence-electron chi connectivity index (χ3n) is 6.07. The van der Waals surface area contributed by atoms with Gasteiger partial charge < -0.3 is 0 Å². The summed E-state index contributed by atoms with van der Waals surface area (Å²) >= 11 is 0. The Morgan fingerprint density at radius 1 is 0.808 bits per heavy atom. The zero-order valence-electron chi connectivity index (χ0n) is 15.5. The predicted octanol–water partition coefficient (Wildman–Crippen LogP) is 6.51. The highest BCUT2D eigenvalue weighted by Crippen LogP contribution is 2.32. The van der Waals surface area contributed by atoms with Crippen molar-refractivity contribution in [1.29, 1.82) is 0 Å². The smallest absolute Gasteiger partial charge is 0.185 e. The molecule has 1 fully saturated rings. The summed E-state index contributed by atoms with van der Waals surface area (Å²) in [5.41, 5.74) is 6.18. The second kappa shape index (κ2) is 8.03. The van der Waals surface area contributed by atoms with Crippen LogP contribution in [0.25, 0.3) is 6.08 Å². The molecule has 2 aromatic rings. The molecule has 2 aliphatic rings. The molecule has 1 saturated carbocycles. The van der Waals surface area contributed by atoms with Crippen LogP contribution in [0.1, 0.15) is 83.5 Å². The van der Waals surface area contributed by atoms with E-state index in [0.717, 1.165) is 29.9 Å². The Bertz CT molecular complexity index is 791. The van der Waals surface area contributed by atoms with Gasteiger partial charge in [-0.05, 0) is 78.8 Å². The molecular weight excluding hydrogens is 316 g/mol. The summed E-state index contributed by atoms with van der Waals surface area (Å²) in [6.07, 6.45) is 15.2. The van der Waals surface area contributed by atoms with E-state index in [9.17, 15) is 4.79 Å². The molecule has 0 aromatic heterocycles. The first-order valence-corrected chi connectivity index (χ1v) is 10.2. The van der Waals surface area contributed by atoms with Crippen molar-refractivity contribution in [2.75, 3.05) is 0 Å². The van der Waals surface area contributed by atoms with Gasteiger partial charge in [0.2, 0.25) is 0 Å². The van der Waals surface area contributed by atoms with E-state index in [1.165, 1.54) is 61.6 Å². The highest BCUT2D eigenvalue weighted by Gasteiger charge is 2.15. The Kier molecular flexibility index (Phi) is 5.34. The second-order valence-electron chi connectivity index (χ2n) is 7.89. The Hall–Kier alpha value is -2.15. The van der Waals surface area contributed by atoms with Crippen molar-refractivity contribution >= 4 is 11.9 Å². The number of rotatable bonds is 4. The lowest BCUT2D eigenvalue weighted by Gasteiger charge is -2.21. The molecular formula is C25H28O. The second-order valence-corrected chi connectivity index (χ2v) is 7.89. The first kappa shape index (κ1) is 17.3. The van der Waals surface area contributed by atoms with Gasteiger partial charge in [-0.3, -0.25) is 4.79 Å². The Balaban J connectivity index is 1.43. The van der Waals surface area contributed by atoms with Gasteiger partial charge in [0, 0.05) is 5.56 Å². The number of carbonyl (C=O) groups is 1. The average molecular weight is 344 g/mol. The average Bonchev–Trinajstić information content (AvgIpc) is 2.72. The van der Waals surface area contributed by atoms with Crippen LogP contribution in [0.2, 0.25) is 0 Å². The highest BCUT2D eigenvalue weighted by atomic mass is 16.1. The van der Waals surface area contributed by atoms with Crippen molar-refractivity contribution in [3.05, 3.63) is 76.4 Å². The van der Waals surface area contributed by atoms with E-state index >= 15 is 0 Å². The summed E-state index contributed by atoms with van der Waals surface area (Å²) in [5.74, 6) is 0.841. The first-order chi connectivity index (χ1) is 12.8. The van der Waals surface area contributed by atoms with Crippen LogP contribution in [0.5, 0.6) is 0 Å². The van der Waals surface area contributed by atoms with Gasteiger partial charge >= 0.3 is 0 Å². The molecule has 0 saturated heterocycles. The fourth-order valence-electron chi connectivity index (χ4n) is 4.47. The minimum atomic E-state index is 0.106. The lowest BCUT2D eigenvalue weighted by molar-refractivity contribution is 0.104. The molecule has 2 aromatic carbocycles. The van der Waals surface area contributed by atoms with Crippen molar-refractivity contribution in [2.24, 2.45) is 0 Å². The van der Waals surface area contributed by atoms with Crippen molar-refractivity contribution < 1.29 is 4.79 Å². The summed E-state index contributed by atoms with van der Waals surface area (Å²) in [6.45, 7) is 0. The maximum absolute atomic E-state index is 12.5. The van der Waals surface area contributed by atoms with Gasteiger partial charge in [0.1, 0.15) is 0 Å². The monoisotopic (exact) mass is 344 g/mol. The van der Waals surface area contributed by atoms with E-state index in [2.05, 4.69) is 36.4 Å². The topological polar surface area (TPSA) is 17.1 Å². The minimum absolute atomic E-state index is 0.106. The van der Waals surface area contributed by atoms with Crippen molar-refractivity contribution in [3.8, 4) is 0 Å². The molecule has 0 spiro atoms. The number of allylic oxidation sites excluding steroid dienone is 1. The fraction of sp³-hybridized carbons (Fsp3) is 0.400. The van der Waals surface area contributed by atoms with Gasteiger partial charge in [0.25, 0.3) is 0 Å². The van der Waals surface area contributed by atoms with Crippen LogP contribution in [0.4, 0.5) is 0 Å². The summed E-state index contributed by atoms with van der Waals surface area (Å²) < 4.78 is 0. The lowest BCUT2D eigenvalue weighted by Crippen LogP contribution is -2.05. The van der Waals surface area contributed by atoms with Crippen LogP contribution in [0.3, 0.4) is 0 Å². The largest absolute Gasteiger partial charge is 0.289 e. The third-order valence-corrected chi connectivity index (χ3v) is 6.07. The van der Waals surface area contributed by atoms with Gasteiger partial charge in [0.05, 0.1) is 0 Å². The number of aryl methyl sites for hydroxylation is 2. The number of ketones is 1. The molecule has 1 heteroatoms. The van der Waals surface area contributed by atoms with E-state index in [1.54, 1.807) is 6.08 Å². The fourth-order valence-corrected chi connectivity index (χ4v) is 4.47. The normalized spacial score (nSPS) is 18.0. The van der Waals surface area contributed by atoms with Gasteiger partial charge in [-0.15, -0.1) is 0 Å². The molecule has 4 rings (SSSR count). The molecule has 0 amide bonds. The maximum Gasteiger partial charge on any atom is 0.185 e. The van der Waals surface area contributed by atoms with Crippen molar-refractivity contribution in [1.82, 2.24) is 0 Å². The molecule has 0 radical (unpaired) electrons. The molecule has 2 aliphatic carbocycles. The van der Waals surface area contributed by atoms with Gasteiger partial charge in [-0.2, -0.15) is 0 Å². The van der Waals surface area contributed by atoms with Crippen molar-refractivity contribution in [2.45, 2.75) is 63.7 Å². The van der Waals surface area contributed by atoms with Crippen LogP contribution >= 0.6 is 0 Å². The zero-order valence-corrected chi connectivity index (χ0v) is 15.5. The molecule has 0 unspecified atom stereocenters. The highest BCUT2D eigenvalue weighted by molar-refractivity contribution is 6.07. The molecule has 0 aliphatic heterocycles. The van der Waals surface area contributed by atoms with Gasteiger partial charge in [-0.25, -0.2) is 0 Å². The quantitative estimate of drug-likeness (QED) is 0.456. The Labute approximate surface area is 157 Å². The van der Waals surface area contributed by atoms with Crippen molar-refractivity contribution in [3.63, 3.8) is 0 Å². The number of hydrogen-bond donors (Lipinski definition) is 0. The molecule has 1 nitrogen and oxygen atoms in total. The molecule has 0 heterocycles. The van der Waals surface area contributed by atoms with Crippen LogP contribution in [0.15, 0.2) is 48.5 Å². The number of carbonyl (C=O) groups excluding carboxylic acids is 1. The summed E-state index contributed by atoms with van der Waals surface area (Å²) in [4.78, 5) is 12.5. The SMILES string of the molecule is O=C(/C=C/c1ccc(C2CCCCC2)cc1)c1ccc2c(c1)CCCC2. The molecule has 134 valence electrons. The van der Waals surface area contributed by atoms with Gasteiger partial charge in [-0.1, -0.05) is 61.7 Å². The summed E-state index contributed by atoms with van der Waals surface area (Å²) in [6, 6.07) is 15.0. The number of benzene rings is 2. The lowest BCUT2D eigenvalue weighted by atomic mass is 9.84. The maximum atomic E-state index is 12.5.